The largest absolute Gasteiger partial charge is 0.256 e. The zero-order valence-corrected chi connectivity index (χ0v) is 8.42. The predicted octanol–water partition coefficient (Wildman–Crippen LogP) is 1.50. The van der Waals surface area contributed by atoms with E-state index in [1.54, 1.807) is 0 Å². The van der Waals surface area contributed by atoms with Crippen LogP contribution in [0, 0.1) is 0 Å². The standard InChI is InChI=1S/C12H9NS/c1-2-4-10-9(3-1)7-13-12-5-6-14-8-11(10)12/h1-5,7-8H,6H2. The molecule has 0 saturated heterocycles. The van der Waals surface area contributed by atoms with E-state index in [2.05, 4.69) is 40.7 Å². The smallest absolute Gasteiger partial charge is 0.0682 e. The topological polar surface area (TPSA) is 12.9 Å². The zero-order chi connectivity index (χ0) is 9.38. The van der Waals surface area contributed by atoms with Gasteiger partial charge in [0, 0.05) is 22.6 Å². The lowest BCUT2D eigenvalue weighted by atomic mass is 10.1. The molecule has 0 unspecified atom stereocenters. The van der Waals surface area contributed by atoms with Gasteiger partial charge >= 0.3 is 0 Å². The lowest BCUT2D eigenvalue weighted by Crippen LogP contribution is -2.30. The van der Waals surface area contributed by atoms with E-state index >= 15 is 0 Å². The summed E-state index contributed by atoms with van der Waals surface area (Å²) in [5.74, 6) is 1.04. The number of hydrogen-bond donors (Lipinski definition) is 0. The molecule has 0 N–H and O–H groups in total. The Hall–Kier alpha value is -1.28. The molecule has 0 saturated carbocycles. The lowest BCUT2D eigenvalue weighted by molar-refractivity contribution is 1.25. The van der Waals surface area contributed by atoms with Gasteiger partial charge in [0.2, 0.25) is 0 Å². The Morgan fingerprint density at radius 3 is 3.14 bits per heavy atom. The second-order valence-corrected chi connectivity index (χ2v) is 4.20. The second-order valence-electron chi connectivity index (χ2n) is 3.30. The van der Waals surface area contributed by atoms with Crippen LogP contribution in [0.5, 0.6) is 0 Å². The number of thioether (sulfide) groups is 1. The highest BCUT2D eigenvalue weighted by Gasteiger charge is 1.99. The average Bonchev–Trinajstić information content (AvgIpc) is 2.29. The molecule has 14 heavy (non-hydrogen) atoms. The third-order valence-corrected chi connectivity index (χ3v) is 3.21. The third-order valence-electron chi connectivity index (χ3n) is 2.44. The van der Waals surface area contributed by atoms with Crippen molar-refractivity contribution in [3.8, 4) is 0 Å². The molecule has 68 valence electrons. The summed E-state index contributed by atoms with van der Waals surface area (Å²) in [6, 6.07) is 8.40. The lowest BCUT2D eigenvalue weighted by Gasteiger charge is -2.02. The highest BCUT2D eigenvalue weighted by Crippen LogP contribution is 2.09. The van der Waals surface area contributed by atoms with Crippen molar-refractivity contribution in [3.05, 3.63) is 41.0 Å². The average molecular weight is 199 g/mol. The van der Waals surface area contributed by atoms with Crippen molar-refractivity contribution in [1.29, 1.82) is 0 Å². The third kappa shape index (κ3) is 1.15. The Labute approximate surface area is 86.2 Å². The fourth-order valence-corrected chi connectivity index (χ4v) is 2.51. The Morgan fingerprint density at radius 2 is 2.14 bits per heavy atom. The second kappa shape index (κ2) is 3.14. The quantitative estimate of drug-likeness (QED) is 0.637. The summed E-state index contributed by atoms with van der Waals surface area (Å²) in [4.78, 5) is 4.45. The first-order valence-corrected chi connectivity index (χ1v) is 5.66. The molecule has 1 nitrogen and oxygen atoms in total. The Balaban J connectivity index is 2.60. The first kappa shape index (κ1) is 8.06. The molecule has 2 heteroatoms. The molecule has 1 aromatic carbocycles. The highest BCUT2D eigenvalue weighted by molar-refractivity contribution is 8.06. The molecule has 0 fully saturated rings. The fourth-order valence-electron chi connectivity index (χ4n) is 1.75. The van der Waals surface area contributed by atoms with Crippen molar-refractivity contribution in [3.63, 3.8) is 0 Å². The van der Waals surface area contributed by atoms with Crippen LogP contribution >= 0.6 is 11.8 Å². The molecule has 0 bridgehead atoms. The number of aromatic nitrogens is 1. The molecule has 0 atom stereocenters. The minimum absolute atomic E-state index is 1.04. The van der Waals surface area contributed by atoms with Crippen LogP contribution in [0.1, 0.15) is 0 Å². The molecule has 1 aliphatic heterocycles. The SMILES string of the molecule is C1=c2ncc3ccccc3c2=CSC1. The molecular weight excluding hydrogens is 190 g/mol. The van der Waals surface area contributed by atoms with Crippen LogP contribution in [0.2, 0.25) is 0 Å². The molecule has 0 aliphatic carbocycles. The zero-order valence-electron chi connectivity index (χ0n) is 7.60. The Kier molecular flexibility index (Phi) is 1.81. The van der Waals surface area contributed by atoms with Crippen LogP contribution in [0.15, 0.2) is 30.5 Å². The summed E-state index contributed by atoms with van der Waals surface area (Å²) in [7, 11) is 0. The van der Waals surface area contributed by atoms with Gasteiger partial charge in [0.25, 0.3) is 0 Å². The highest BCUT2D eigenvalue weighted by atomic mass is 32.2. The summed E-state index contributed by atoms with van der Waals surface area (Å²) in [6.45, 7) is 0. The molecular formula is C12H9NS. The molecule has 2 aromatic rings. The maximum absolute atomic E-state index is 4.45. The Bertz CT molecular complexity index is 601. The Morgan fingerprint density at radius 1 is 1.21 bits per heavy atom. The van der Waals surface area contributed by atoms with Crippen LogP contribution in [-0.2, 0) is 0 Å². The van der Waals surface area contributed by atoms with Gasteiger partial charge in [-0.15, -0.1) is 11.8 Å². The normalized spacial score (nSPS) is 14.3. The number of hydrogen-bond acceptors (Lipinski definition) is 2. The predicted molar refractivity (Wildman–Crippen MR) is 62.4 cm³/mol. The van der Waals surface area contributed by atoms with E-state index in [0.717, 1.165) is 11.1 Å². The maximum Gasteiger partial charge on any atom is 0.0682 e. The van der Waals surface area contributed by atoms with Gasteiger partial charge in [-0.3, -0.25) is 4.98 Å². The fraction of sp³-hybridized carbons (Fsp3) is 0.0833. The van der Waals surface area contributed by atoms with Crippen molar-refractivity contribution >= 4 is 34.0 Å². The summed E-state index contributed by atoms with van der Waals surface area (Å²) >= 11 is 1.83. The molecule has 0 spiro atoms. The van der Waals surface area contributed by atoms with E-state index < -0.39 is 0 Å². The molecule has 3 rings (SSSR count). The minimum atomic E-state index is 1.04. The summed E-state index contributed by atoms with van der Waals surface area (Å²) in [5, 5.41) is 7.14. The summed E-state index contributed by atoms with van der Waals surface area (Å²) in [5.41, 5.74) is 0. The van der Waals surface area contributed by atoms with Gasteiger partial charge in [0.15, 0.2) is 0 Å². The molecule has 1 aliphatic rings. The number of benzene rings is 1. The van der Waals surface area contributed by atoms with Gasteiger partial charge in [-0.25, -0.2) is 0 Å². The van der Waals surface area contributed by atoms with Crippen LogP contribution in [0.25, 0.3) is 22.3 Å². The van der Waals surface area contributed by atoms with Gasteiger partial charge < -0.3 is 0 Å². The van der Waals surface area contributed by atoms with E-state index in [0.29, 0.717) is 0 Å². The number of rotatable bonds is 0. The van der Waals surface area contributed by atoms with Gasteiger partial charge in [-0.2, -0.15) is 0 Å². The first-order chi connectivity index (χ1) is 6.95. The van der Waals surface area contributed by atoms with Crippen LogP contribution in [0.3, 0.4) is 0 Å². The monoisotopic (exact) mass is 199 g/mol. The van der Waals surface area contributed by atoms with Crippen molar-refractivity contribution in [2.45, 2.75) is 0 Å². The van der Waals surface area contributed by atoms with Crippen molar-refractivity contribution in [2.24, 2.45) is 0 Å². The van der Waals surface area contributed by atoms with E-state index in [-0.39, 0.29) is 0 Å². The maximum atomic E-state index is 4.45. The molecule has 1 aromatic heterocycles. The van der Waals surface area contributed by atoms with Gasteiger partial charge in [-0.1, -0.05) is 24.3 Å². The number of pyridine rings is 1. The molecule has 0 amide bonds. The van der Waals surface area contributed by atoms with E-state index in [1.165, 1.54) is 16.0 Å². The van der Waals surface area contributed by atoms with Crippen molar-refractivity contribution < 1.29 is 0 Å². The summed E-state index contributed by atoms with van der Waals surface area (Å²) < 4.78 is 0. The number of fused-ring (bicyclic) bond motifs is 3. The van der Waals surface area contributed by atoms with Crippen LogP contribution in [0.4, 0.5) is 0 Å². The van der Waals surface area contributed by atoms with Crippen molar-refractivity contribution in [2.75, 3.05) is 5.75 Å². The number of nitrogens with zero attached hydrogens (tertiary/aromatic N) is 1. The van der Waals surface area contributed by atoms with E-state index in [1.807, 2.05) is 18.0 Å². The first-order valence-electron chi connectivity index (χ1n) is 4.61. The van der Waals surface area contributed by atoms with Crippen molar-refractivity contribution in [1.82, 2.24) is 4.98 Å². The van der Waals surface area contributed by atoms with Gasteiger partial charge in [0.05, 0.1) is 5.35 Å². The van der Waals surface area contributed by atoms with Gasteiger partial charge in [-0.05, 0) is 16.9 Å². The van der Waals surface area contributed by atoms with Gasteiger partial charge in [0.1, 0.15) is 0 Å². The minimum Gasteiger partial charge on any atom is -0.256 e. The van der Waals surface area contributed by atoms with E-state index in [4.69, 9.17) is 0 Å². The molecule has 0 radical (unpaired) electrons. The van der Waals surface area contributed by atoms with E-state index in [9.17, 15) is 0 Å². The van der Waals surface area contributed by atoms with Crippen LogP contribution < -0.4 is 10.6 Å². The van der Waals surface area contributed by atoms with Crippen LogP contribution in [-0.4, -0.2) is 10.7 Å². The summed E-state index contributed by atoms with van der Waals surface area (Å²) in [6.07, 6.45) is 4.14. The molecule has 2 heterocycles.